The van der Waals surface area contributed by atoms with E-state index in [1.807, 2.05) is 38.1 Å². The average Bonchev–Trinajstić information content (AvgIpc) is 2.83. The maximum atomic E-state index is 12.9. The fourth-order valence-electron chi connectivity index (χ4n) is 2.29. The molecule has 0 bridgehead atoms. The van der Waals surface area contributed by atoms with Crippen LogP contribution in [-0.2, 0) is 16.6 Å². The predicted octanol–water partition coefficient (Wildman–Crippen LogP) is 3.07. The second-order valence-corrected chi connectivity index (χ2v) is 7.92. The number of sulfonamides is 1. The van der Waals surface area contributed by atoms with Crippen molar-refractivity contribution in [2.24, 2.45) is 0 Å². The van der Waals surface area contributed by atoms with Crippen LogP contribution < -0.4 is 4.31 Å². The molecule has 1 heterocycles. The number of aliphatic hydroxyl groups is 1. The topological polar surface area (TPSA) is 57.6 Å². The van der Waals surface area contributed by atoms with E-state index in [9.17, 15) is 13.5 Å². The number of benzene rings is 1. The molecule has 1 N–H and O–H groups in total. The van der Waals surface area contributed by atoms with Crippen molar-refractivity contribution in [3.8, 4) is 0 Å². The van der Waals surface area contributed by atoms with Crippen LogP contribution in [0.2, 0.25) is 0 Å². The van der Waals surface area contributed by atoms with Crippen LogP contribution >= 0.6 is 11.3 Å². The Hall–Kier alpha value is -1.37. The van der Waals surface area contributed by atoms with E-state index in [-0.39, 0.29) is 11.5 Å². The van der Waals surface area contributed by atoms with Crippen LogP contribution in [-0.4, -0.2) is 20.1 Å². The first-order chi connectivity index (χ1) is 9.91. The number of thiophene rings is 1. The summed E-state index contributed by atoms with van der Waals surface area (Å²) in [6.07, 6.45) is 0. The van der Waals surface area contributed by atoms with E-state index in [0.29, 0.717) is 22.0 Å². The Morgan fingerprint density at radius 2 is 1.90 bits per heavy atom. The Labute approximate surface area is 129 Å². The van der Waals surface area contributed by atoms with Gasteiger partial charge in [-0.3, -0.25) is 4.31 Å². The van der Waals surface area contributed by atoms with Gasteiger partial charge in [-0.15, -0.1) is 11.3 Å². The minimum atomic E-state index is -3.61. The van der Waals surface area contributed by atoms with Crippen molar-refractivity contribution in [1.29, 1.82) is 0 Å². The average molecular weight is 325 g/mol. The highest BCUT2D eigenvalue weighted by molar-refractivity contribution is 7.93. The van der Waals surface area contributed by atoms with E-state index in [1.165, 1.54) is 15.6 Å². The smallest absolute Gasteiger partial charge is 0.265 e. The third-order valence-electron chi connectivity index (χ3n) is 3.32. The van der Waals surface area contributed by atoms with Crippen LogP contribution in [0.4, 0.5) is 5.69 Å². The van der Waals surface area contributed by atoms with E-state index in [2.05, 4.69) is 0 Å². The molecule has 1 aromatic heterocycles. The number of aryl methyl sites for hydroxylation is 2. The number of hydrogen-bond donors (Lipinski definition) is 1. The van der Waals surface area contributed by atoms with Gasteiger partial charge < -0.3 is 5.11 Å². The number of rotatable bonds is 5. The molecule has 2 rings (SSSR count). The molecule has 0 aliphatic heterocycles. The summed E-state index contributed by atoms with van der Waals surface area (Å²) in [4.78, 5) is 1.64. The van der Waals surface area contributed by atoms with Crippen molar-refractivity contribution in [3.05, 3.63) is 45.6 Å². The van der Waals surface area contributed by atoms with Gasteiger partial charge in [-0.1, -0.05) is 18.2 Å². The molecule has 0 spiro atoms. The fourth-order valence-corrected chi connectivity index (χ4v) is 5.30. The first kappa shape index (κ1) is 16.0. The van der Waals surface area contributed by atoms with Crippen LogP contribution in [0, 0.1) is 13.8 Å². The largest absolute Gasteiger partial charge is 0.391 e. The lowest BCUT2D eigenvalue weighted by Crippen LogP contribution is -2.31. The molecule has 4 nitrogen and oxygen atoms in total. The standard InChI is InChI=1S/C15H19NO3S2/c1-4-16(14-8-6-5-7-11(14)2)21(18,19)15-9-13(10-17)20-12(15)3/h5-9,17H,4,10H2,1-3H3. The molecule has 1 aromatic carbocycles. The zero-order valence-electron chi connectivity index (χ0n) is 12.3. The Kier molecular flexibility index (Phi) is 4.70. The molecule has 6 heteroatoms. The summed E-state index contributed by atoms with van der Waals surface area (Å²) in [5.74, 6) is 0. The molecule has 114 valence electrons. The monoisotopic (exact) mass is 325 g/mol. The van der Waals surface area contributed by atoms with Crippen LogP contribution in [0.3, 0.4) is 0 Å². The zero-order chi connectivity index (χ0) is 15.6. The van der Waals surface area contributed by atoms with Crippen molar-refractivity contribution in [2.45, 2.75) is 32.3 Å². The van der Waals surface area contributed by atoms with Gasteiger partial charge in [0.15, 0.2) is 0 Å². The van der Waals surface area contributed by atoms with E-state index < -0.39 is 10.0 Å². The maximum absolute atomic E-state index is 12.9. The Morgan fingerprint density at radius 3 is 2.43 bits per heavy atom. The van der Waals surface area contributed by atoms with E-state index >= 15 is 0 Å². The molecule has 0 saturated carbocycles. The molecule has 0 aliphatic carbocycles. The van der Waals surface area contributed by atoms with Crippen LogP contribution in [0.25, 0.3) is 0 Å². The van der Waals surface area contributed by atoms with Gasteiger partial charge in [0.25, 0.3) is 10.0 Å². The summed E-state index contributed by atoms with van der Waals surface area (Å²) in [5, 5.41) is 9.20. The van der Waals surface area contributed by atoms with Gasteiger partial charge in [-0.05, 0) is 38.5 Å². The highest BCUT2D eigenvalue weighted by atomic mass is 32.2. The third kappa shape index (κ3) is 2.97. The molecule has 0 saturated heterocycles. The summed E-state index contributed by atoms with van der Waals surface area (Å²) in [6, 6.07) is 8.99. The van der Waals surface area contributed by atoms with Crippen LogP contribution in [0.1, 0.15) is 22.2 Å². The number of hydrogen-bond acceptors (Lipinski definition) is 4. The van der Waals surface area contributed by atoms with Gasteiger partial charge in [0.05, 0.1) is 12.3 Å². The Bertz CT molecular complexity index is 735. The third-order valence-corrected chi connectivity index (χ3v) is 6.50. The number of para-hydroxylation sites is 1. The molecule has 0 radical (unpaired) electrons. The Morgan fingerprint density at radius 1 is 1.24 bits per heavy atom. The molecule has 0 fully saturated rings. The van der Waals surface area contributed by atoms with E-state index in [1.54, 1.807) is 13.0 Å². The summed E-state index contributed by atoms with van der Waals surface area (Å²) >= 11 is 1.31. The van der Waals surface area contributed by atoms with E-state index in [0.717, 1.165) is 5.56 Å². The van der Waals surface area contributed by atoms with Crippen molar-refractivity contribution in [1.82, 2.24) is 0 Å². The van der Waals surface area contributed by atoms with Crippen LogP contribution in [0.15, 0.2) is 35.2 Å². The van der Waals surface area contributed by atoms with Crippen molar-refractivity contribution >= 4 is 27.0 Å². The lowest BCUT2D eigenvalue weighted by Gasteiger charge is -2.24. The highest BCUT2D eigenvalue weighted by Crippen LogP contribution is 2.32. The number of anilines is 1. The number of aliphatic hydroxyl groups excluding tert-OH is 1. The van der Waals surface area contributed by atoms with Crippen molar-refractivity contribution < 1.29 is 13.5 Å². The molecule has 0 aliphatic rings. The molecule has 21 heavy (non-hydrogen) atoms. The molecular weight excluding hydrogens is 306 g/mol. The second-order valence-electron chi connectivity index (χ2n) is 4.75. The van der Waals surface area contributed by atoms with Gasteiger partial charge in [0.1, 0.15) is 4.90 Å². The maximum Gasteiger partial charge on any atom is 0.265 e. The lowest BCUT2D eigenvalue weighted by atomic mass is 10.2. The SMILES string of the molecule is CCN(c1ccccc1C)S(=O)(=O)c1cc(CO)sc1C. The molecule has 2 aromatic rings. The van der Waals surface area contributed by atoms with Crippen molar-refractivity contribution in [2.75, 3.05) is 10.8 Å². The number of nitrogens with zero attached hydrogens (tertiary/aromatic N) is 1. The molecular formula is C15H19NO3S2. The summed E-state index contributed by atoms with van der Waals surface area (Å²) in [7, 11) is -3.61. The van der Waals surface area contributed by atoms with Crippen LogP contribution in [0.5, 0.6) is 0 Å². The quantitative estimate of drug-likeness (QED) is 0.919. The van der Waals surface area contributed by atoms with Gasteiger partial charge in [0.2, 0.25) is 0 Å². The molecule has 0 amide bonds. The first-order valence-corrected chi connectivity index (χ1v) is 8.96. The van der Waals surface area contributed by atoms with Gasteiger partial charge >= 0.3 is 0 Å². The second kappa shape index (κ2) is 6.17. The zero-order valence-corrected chi connectivity index (χ0v) is 14.0. The van der Waals surface area contributed by atoms with Gasteiger partial charge in [-0.25, -0.2) is 8.42 Å². The van der Waals surface area contributed by atoms with Gasteiger partial charge in [-0.2, -0.15) is 0 Å². The summed E-state index contributed by atoms with van der Waals surface area (Å²) < 4.78 is 27.2. The highest BCUT2D eigenvalue weighted by Gasteiger charge is 2.27. The molecule has 0 unspecified atom stereocenters. The predicted molar refractivity (Wildman–Crippen MR) is 86.4 cm³/mol. The minimum Gasteiger partial charge on any atom is -0.391 e. The lowest BCUT2D eigenvalue weighted by molar-refractivity contribution is 0.285. The van der Waals surface area contributed by atoms with Crippen molar-refractivity contribution in [3.63, 3.8) is 0 Å². The first-order valence-electron chi connectivity index (χ1n) is 6.70. The summed E-state index contributed by atoms with van der Waals surface area (Å²) in [5.41, 5.74) is 1.61. The molecule has 0 atom stereocenters. The normalized spacial score (nSPS) is 11.6. The van der Waals surface area contributed by atoms with Gasteiger partial charge in [0, 0.05) is 16.3 Å². The minimum absolute atomic E-state index is 0.141. The van der Waals surface area contributed by atoms with E-state index in [4.69, 9.17) is 0 Å². The Balaban J connectivity index is 2.55. The summed E-state index contributed by atoms with van der Waals surface area (Å²) in [6.45, 7) is 5.70. The fraction of sp³-hybridized carbons (Fsp3) is 0.333.